The van der Waals surface area contributed by atoms with Crippen LogP contribution in [0.5, 0.6) is 0 Å². The first-order valence-corrected chi connectivity index (χ1v) is 8.55. The minimum absolute atomic E-state index is 0.357. The van der Waals surface area contributed by atoms with E-state index in [9.17, 15) is 8.42 Å². The van der Waals surface area contributed by atoms with Crippen LogP contribution in [0.3, 0.4) is 0 Å². The molecule has 1 saturated carbocycles. The van der Waals surface area contributed by atoms with E-state index in [1.165, 1.54) is 6.26 Å². The molecule has 0 bridgehead atoms. The zero-order valence-electron chi connectivity index (χ0n) is 11.5. The summed E-state index contributed by atoms with van der Waals surface area (Å²) >= 11 is 0. The zero-order chi connectivity index (χ0) is 14.1. The molecule has 5 heteroatoms. The number of hydrogen-bond donors (Lipinski definition) is 1. The SMILES string of the molecule is CN(c1ccccc1)C1(CN)CCCC1S(C)(=O)=O. The Kier molecular flexibility index (Phi) is 3.87. The second-order valence-electron chi connectivity index (χ2n) is 5.41. The summed E-state index contributed by atoms with van der Waals surface area (Å²) in [7, 11) is -1.15. The van der Waals surface area contributed by atoms with Crippen molar-refractivity contribution in [3.63, 3.8) is 0 Å². The lowest BCUT2D eigenvalue weighted by Gasteiger charge is -2.43. The highest BCUT2D eigenvalue weighted by atomic mass is 32.2. The normalized spacial score (nSPS) is 27.4. The number of likely N-dealkylation sites (N-methyl/N-ethyl adjacent to an activating group) is 1. The van der Waals surface area contributed by atoms with Gasteiger partial charge in [0.05, 0.1) is 10.8 Å². The molecule has 4 nitrogen and oxygen atoms in total. The van der Waals surface area contributed by atoms with E-state index in [0.717, 1.165) is 18.5 Å². The maximum absolute atomic E-state index is 12.1. The van der Waals surface area contributed by atoms with Gasteiger partial charge < -0.3 is 10.6 Å². The van der Waals surface area contributed by atoms with Gasteiger partial charge in [-0.1, -0.05) is 18.2 Å². The molecular formula is C14H22N2O2S. The molecule has 1 aliphatic carbocycles. The van der Waals surface area contributed by atoms with Gasteiger partial charge in [-0.15, -0.1) is 0 Å². The first-order chi connectivity index (χ1) is 8.92. The van der Waals surface area contributed by atoms with Crippen molar-refractivity contribution < 1.29 is 8.42 Å². The average Bonchev–Trinajstić information content (AvgIpc) is 2.84. The molecule has 0 aromatic heterocycles. The molecule has 106 valence electrons. The Morgan fingerprint density at radius 2 is 2.00 bits per heavy atom. The lowest BCUT2D eigenvalue weighted by molar-refractivity contribution is 0.420. The van der Waals surface area contributed by atoms with Gasteiger partial charge in [0.1, 0.15) is 0 Å². The lowest BCUT2D eigenvalue weighted by atomic mass is 9.94. The van der Waals surface area contributed by atoms with Gasteiger partial charge in [-0.2, -0.15) is 0 Å². The Bertz CT molecular complexity index is 530. The minimum atomic E-state index is -3.10. The van der Waals surface area contributed by atoms with Crippen LogP contribution in [-0.4, -0.2) is 39.1 Å². The lowest BCUT2D eigenvalue weighted by Crippen LogP contribution is -2.59. The van der Waals surface area contributed by atoms with Gasteiger partial charge in [-0.3, -0.25) is 0 Å². The van der Waals surface area contributed by atoms with Crippen molar-refractivity contribution in [1.29, 1.82) is 0 Å². The van der Waals surface area contributed by atoms with Crippen LogP contribution >= 0.6 is 0 Å². The van der Waals surface area contributed by atoms with Crippen LogP contribution in [0.2, 0.25) is 0 Å². The van der Waals surface area contributed by atoms with Gasteiger partial charge in [-0.05, 0) is 31.4 Å². The van der Waals surface area contributed by atoms with E-state index < -0.39 is 15.4 Å². The predicted molar refractivity (Wildman–Crippen MR) is 79.1 cm³/mol. The van der Waals surface area contributed by atoms with Gasteiger partial charge >= 0.3 is 0 Å². The van der Waals surface area contributed by atoms with Crippen LogP contribution in [0, 0.1) is 0 Å². The van der Waals surface area contributed by atoms with Crippen LogP contribution < -0.4 is 10.6 Å². The number of nitrogens with zero attached hydrogens (tertiary/aromatic N) is 1. The monoisotopic (exact) mass is 282 g/mol. The Morgan fingerprint density at radius 1 is 1.37 bits per heavy atom. The first kappa shape index (κ1) is 14.3. The second-order valence-corrected chi connectivity index (χ2v) is 7.64. The molecule has 0 aliphatic heterocycles. The smallest absolute Gasteiger partial charge is 0.152 e. The molecule has 2 rings (SSSR count). The summed E-state index contributed by atoms with van der Waals surface area (Å²) in [4.78, 5) is 2.06. The van der Waals surface area contributed by atoms with E-state index in [2.05, 4.69) is 4.90 Å². The Balaban J connectivity index is 2.43. The molecule has 2 atom stereocenters. The average molecular weight is 282 g/mol. The summed E-state index contributed by atoms with van der Waals surface area (Å²) in [6, 6.07) is 9.86. The van der Waals surface area contributed by atoms with Crippen LogP contribution in [0.1, 0.15) is 19.3 Å². The second kappa shape index (κ2) is 5.13. The van der Waals surface area contributed by atoms with Crippen molar-refractivity contribution in [3.05, 3.63) is 30.3 Å². The number of sulfone groups is 1. The predicted octanol–water partition coefficient (Wildman–Crippen LogP) is 1.42. The summed E-state index contributed by atoms with van der Waals surface area (Å²) < 4.78 is 24.1. The standard InChI is InChI=1S/C14H22N2O2S/c1-16(12-7-4-3-5-8-12)14(11-15)10-6-9-13(14)19(2,17)18/h3-5,7-8,13H,6,9-11,15H2,1-2H3. The Labute approximate surface area is 115 Å². The first-order valence-electron chi connectivity index (χ1n) is 6.59. The van der Waals surface area contributed by atoms with Crippen molar-refractivity contribution in [2.45, 2.75) is 30.1 Å². The minimum Gasteiger partial charge on any atom is -0.366 e. The highest BCUT2D eigenvalue weighted by Crippen LogP contribution is 2.40. The van der Waals surface area contributed by atoms with Crippen LogP contribution in [-0.2, 0) is 9.84 Å². The molecular weight excluding hydrogens is 260 g/mol. The van der Waals surface area contributed by atoms with Gasteiger partial charge in [0.2, 0.25) is 0 Å². The van der Waals surface area contributed by atoms with Crippen molar-refractivity contribution in [2.24, 2.45) is 5.73 Å². The summed E-state index contributed by atoms with van der Waals surface area (Å²) in [5.74, 6) is 0. The summed E-state index contributed by atoms with van der Waals surface area (Å²) in [6.45, 7) is 0.357. The largest absolute Gasteiger partial charge is 0.366 e. The number of nitrogens with two attached hydrogens (primary N) is 1. The molecule has 1 aromatic rings. The molecule has 0 radical (unpaired) electrons. The van der Waals surface area contributed by atoms with E-state index in [4.69, 9.17) is 5.73 Å². The number of benzene rings is 1. The maximum Gasteiger partial charge on any atom is 0.152 e. The van der Waals surface area contributed by atoms with Gasteiger partial charge in [0, 0.05) is 25.5 Å². The van der Waals surface area contributed by atoms with Gasteiger partial charge in [0.25, 0.3) is 0 Å². The topological polar surface area (TPSA) is 63.4 Å². The third kappa shape index (κ3) is 2.49. The van der Waals surface area contributed by atoms with Gasteiger partial charge in [-0.25, -0.2) is 8.42 Å². The third-order valence-electron chi connectivity index (χ3n) is 4.36. The van der Waals surface area contributed by atoms with Gasteiger partial charge in [0.15, 0.2) is 9.84 Å². The fraction of sp³-hybridized carbons (Fsp3) is 0.571. The number of hydrogen-bond acceptors (Lipinski definition) is 4. The van der Waals surface area contributed by atoms with Crippen LogP contribution in [0.15, 0.2) is 30.3 Å². The zero-order valence-corrected chi connectivity index (χ0v) is 12.4. The maximum atomic E-state index is 12.1. The molecule has 1 aromatic carbocycles. The van der Waals surface area contributed by atoms with E-state index in [0.29, 0.717) is 13.0 Å². The number of rotatable bonds is 4. The van der Waals surface area contributed by atoms with Crippen molar-refractivity contribution in [1.82, 2.24) is 0 Å². The molecule has 2 unspecified atom stereocenters. The highest BCUT2D eigenvalue weighted by molar-refractivity contribution is 7.91. The van der Waals surface area contributed by atoms with E-state index in [-0.39, 0.29) is 5.25 Å². The molecule has 1 aliphatic rings. The van der Waals surface area contributed by atoms with Crippen molar-refractivity contribution in [2.75, 3.05) is 24.7 Å². The molecule has 0 saturated heterocycles. The van der Waals surface area contributed by atoms with Crippen LogP contribution in [0.25, 0.3) is 0 Å². The third-order valence-corrected chi connectivity index (χ3v) is 6.07. The highest BCUT2D eigenvalue weighted by Gasteiger charge is 2.50. The van der Waals surface area contributed by atoms with Crippen molar-refractivity contribution >= 4 is 15.5 Å². The number of anilines is 1. The molecule has 19 heavy (non-hydrogen) atoms. The van der Waals surface area contributed by atoms with Crippen LogP contribution in [0.4, 0.5) is 5.69 Å². The molecule has 0 spiro atoms. The van der Waals surface area contributed by atoms with E-state index in [1.807, 2.05) is 37.4 Å². The fourth-order valence-electron chi connectivity index (χ4n) is 3.30. The molecule has 0 amide bonds. The number of para-hydroxylation sites is 1. The Morgan fingerprint density at radius 3 is 2.53 bits per heavy atom. The Hall–Kier alpha value is -1.07. The summed E-state index contributed by atoms with van der Waals surface area (Å²) in [5, 5.41) is -0.379. The quantitative estimate of drug-likeness (QED) is 0.907. The molecule has 1 fully saturated rings. The molecule has 0 heterocycles. The van der Waals surface area contributed by atoms with E-state index >= 15 is 0 Å². The fourth-order valence-corrected chi connectivity index (χ4v) is 5.06. The molecule has 2 N–H and O–H groups in total. The summed E-state index contributed by atoms with van der Waals surface area (Å²) in [5.41, 5.74) is 6.53. The van der Waals surface area contributed by atoms with E-state index in [1.54, 1.807) is 0 Å². The van der Waals surface area contributed by atoms with Crippen molar-refractivity contribution in [3.8, 4) is 0 Å². The summed E-state index contributed by atoms with van der Waals surface area (Å²) in [6.07, 6.45) is 3.76.